The Labute approximate surface area is 99.0 Å². The van der Waals surface area contributed by atoms with Gasteiger partial charge >= 0.3 is 6.18 Å². The SMILES string of the molecule is CCC1CCCN1CC(C(N)=S)C(F)(F)F. The first kappa shape index (κ1) is 13.7. The molecule has 0 aliphatic carbocycles. The smallest absolute Gasteiger partial charge is 0.393 e. The summed E-state index contributed by atoms with van der Waals surface area (Å²) in [6, 6.07) is 0.249. The van der Waals surface area contributed by atoms with Gasteiger partial charge in [-0.1, -0.05) is 19.1 Å². The topological polar surface area (TPSA) is 29.3 Å². The van der Waals surface area contributed by atoms with Crippen LogP contribution in [0.15, 0.2) is 0 Å². The van der Waals surface area contributed by atoms with E-state index >= 15 is 0 Å². The molecule has 94 valence electrons. The number of nitrogens with two attached hydrogens (primary N) is 1. The van der Waals surface area contributed by atoms with Crippen molar-refractivity contribution in [3.8, 4) is 0 Å². The average molecular weight is 254 g/mol. The lowest BCUT2D eigenvalue weighted by molar-refractivity contribution is -0.159. The standard InChI is InChI=1S/C10H17F3N2S/c1-2-7-4-3-5-15(7)6-8(9(14)16)10(11,12)13/h7-8H,2-6H2,1H3,(H2,14,16). The Balaban J connectivity index is 2.65. The molecule has 1 rings (SSSR count). The molecule has 1 aliphatic rings. The highest BCUT2D eigenvalue weighted by Crippen LogP contribution is 2.30. The zero-order valence-corrected chi connectivity index (χ0v) is 10.1. The number of rotatable bonds is 4. The van der Waals surface area contributed by atoms with Gasteiger partial charge in [0, 0.05) is 12.6 Å². The fraction of sp³-hybridized carbons (Fsp3) is 0.900. The number of hydrogen-bond donors (Lipinski definition) is 1. The summed E-state index contributed by atoms with van der Waals surface area (Å²) in [7, 11) is 0. The highest BCUT2D eigenvalue weighted by Gasteiger charge is 2.43. The largest absolute Gasteiger partial charge is 0.399 e. The number of nitrogens with zero attached hydrogens (tertiary/aromatic N) is 1. The summed E-state index contributed by atoms with van der Waals surface area (Å²) >= 11 is 4.51. The molecule has 0 aromatic rings. The van der Waals surface area contributed by atoms with Crippen molar-refractivity contribution in [3.05, 3.63) is 0 Å². The molecule has 0 radical (unpaired) electrons. The van der Waals surface area contributed by atoms with Crippen molar-refractivity contribution in [2.75, 3.05) is 13.1 Å². The monoisotopic (exact) mass is 254 g/mol. The second-order valence-corrected chi connectivity index (χ2v) is 4.67. The molecule has 1 saturated heterocycles. The molecule has 6 heteroatoms. The Kier molecular flexibility index (Phi) is 4.55. The zero-order chi connectivity index (χ0) is 12.3. The highest BCUT2D eigenvalue weighted by molar-refractivity contribution is 7.80. The van der Waals surface area contributed by atoms with E-state index in [-0.39, 0.29) is 12.6 Å². The van der Waals surface area contributed by atoms with E-state index in [1.54, 1.807) is 0 Å². The van der Waals surface area contributed by atoms with E-state index in [2.05, 4.69) is 12.2 Å². The minimum Gasteiger partial charge on any atom is -0.393 e. The molecule has 2 atom stereocenters. The molecule has 1 heterocycles. The Morgan fingerprint density at radius 2 is 2.19 bits per heavy atom. The quantitative estimate of drug-likeness (QED) is 0.781. The van der Waals surface area contributed by atoms with Crippen LogP contribution in [0.3, 0.4) is 0 Å². The maximum absolute atomic E-state index is 12.7. The fourth-order valence-corrected chi connectivity index (χ4v) is 2.40. The molecule has 0 aromatic heterocycles. The zero-order valence-electron chi connectivity index (χ0n) is 9.26. The molecule has 1 fully saturated rings. The second-order valence-electron chi connectivity index (χ2n) is 4.20. The summed E-state index contributed by atoms with van der Waals surface area (Å²) in [5, 5.41) is 0. The molecule has 2 nitrogen and oxygen atoms in total. The summed E-state index contributed by atoms with van der Waals surface area (Å²) < 4.78 is 38.0. The molecule has 0 saturated carbocycles. The number of hydrogen-bond acceptors (Lipinski definition) is 2. The van der Waals surface area contributed by atoms with E-state index in [0.717, 1.165) is 19.3 Å². The van der Waals surface area contributed by atoms with Crippen LogP contribution in [0.5, 0.6) is 0 Å². The lowest BCUT2D eigenvalue weighted by atomic mass is 10.1. The first-order valence-electron chi connectivity index (χ1n) is 5.46. The van der Waals surface area contributed by atoms with Gasteiger partial charge in [0.15, 0.2) is 0 Å². The second kappa shape index (κ2) is 5.31. The van der Waals surface area contributed by atoms with Crippen LogP contribution in [0.2, 0.25) is 0 Å². The number of alkyl halides is 3. The van der Waals surface area contributed by atoms with Crippen LogP contribution in [-0.4, -0.2) is 35.2 Å². The van der Waals surface area contributed by atoms with E-state index < -0.39 is 17.1 Å². The van der Waals surface area contributed by atoms with E-state index in [9.17, 15) is 13.2 Å². The molecule has 0 amide bonds. The maximum Gasteiger partial charge on any atom is 0.399 e. The molecule has 16 heavy (non-hydrogen) atoms. The van der Waals surface area contributed by atoms with Gasteiger partial charge in [-0.3, -0.25) is 4.90 Å². The van der Waals surface area contributed by atoms with Gasteiger partial charge in [-0.05, 0) is 25.8 Å². The van der Waals surface area contributed by atoms with Crippen LogP contribution in [0.4, 0.5) is 13.2 Å². The minimum atomic E-state index is -4.33. The normalized spacial score (nSPS) is 24.6. The van der Waals surface area contributed by atoms with E-state index in [0.29, 0.717) is 6.54 Å². The van der Waals surface area contributed by atoms with Gasteiger partial charge in [0.05, 0.1) is 4.99 Å². The Morgan fingerprint density at radius 3 is 2.62 bits per heavy atom. The predicted molar refractivity (Wildman–Crippen MR) is 61.2 cm³/mol. The van der Waals surface area contributed by atoms with Crippen LogP contribution in [-0.2, 0) is 0 Å². The average Bonchev–Trinajstić information content (AvgIpc) is 2.58. The number of likely N-dealkylation sites (tertiary alicyclic amines) is 1. The van der Waals surface area contributed by atoms with Gasteiger partial charge in [0.2, 0.25) is 0 Å². The number of thiocarbonyl (C=S) groups is 1. The van der Waals surface area contributed by atoms with Crippen molar-refractivity contribution in [1.82, 2.24) is 4.90 Å². The van der Waals surface area contributed by atoms with Crippen molar-refractivity contribution < 1.29 is 13.2 Å². The molecule has 0 bridgehead atoms. The maximum atomic E-state index is 12.7. The molecule has 0 aromatic carbocycles. The summed E-state index contributed by atoms with van der Waals surface area (Å²) in [5.74, 6) is -1.67. The van der Waals surface area contributed by atoms with Gasteiger partial charge < -0.3 is 5.73 Å². The van der Waals surface area contributed by atoms with Crippen LogP contribution >= 0.6 is 12.2 Å². The van der Waals surface area contributed by atoms with Crippen LogP contribution in [0.1, 0.15) is 26.2 Å². The third-order valence-electron chi connectivity index (χ3n) is 3.13. The van der Waals surface area contributed by atoms with E-state index in [1.165, 1.54) is 0 Å². The van der Waals surface area contributed by atoms with Gasteiger partial charge in [0.25, 0.3) is 0 Å². The van der Waals surface area contributed by atoms with Gasteiger partial charge in [-0.15, -0.1) is 0 Å². The van der Waals surface area contributed by atoms with Crippen molar-refractivity contribution in [1.29, 1.82) is 0 Å². The molecule has 2 N–H and O–H groups in total. The molecule has 1 aliphatic heterocycles. The van der Waals surface area contributed by atoms with Crippen molar-refractivity contribution in [3.63, 3.8) is 0 Å². The van der Waals surface area contributed by atoms with Crippen LogP contribution in [0.25, 0.3) is 0 Å². The highest BCUT2D eigenvalue weighted by atomic mass is 32.1. The lowest BCUT2D eigenvalue weighted by Crippen LogP contribution is -2.44. The van der Waals surface area contributed by atoms with Crippen LogP contribution in [0, 0.1) is 5.92 Å². The Morgan fingerprint density at radius 1 is 1.56 bits per heavy atom. The number of halogens is 3. The lowest BCUT2D eigenvalue weighted by Gasteiger charge is -2.28. The summed E-state index contributed by atoms with van der Waals surface area (Å²) in [4.78, 5) is 1.41. The Bertz CT molecular complexity index is 255. The van der Waals surface area contributed by atoms with E-state index in [4.69, 9.17) is 5.73 Å². The van der Waals surface area contributed by atoms with Crippen LogP contribution < -0.4 is 5.73 Å². The molecule has 2 unspecified atom stereocenters. The summed E-state index contributed by atoms with van der Waals surface area (Å²) in [6.45, 7) is 2.62. The Hall–Kier alpha value is -0.360. The first-order valence-corrected chi connectivity index (χ1v) is 5.87. The van der Waals surface area contributed by atoms with Gasteiger partial charge in [-0.2, -0.15) is 13.2 Å². The first-order chi connectivity index (χ1) is 7.36. The molecular weight excluding hydrogens is 237 g/mol. The van der Waals surface area contributed by atoms with Gasteiger partial charge in [0.1, 0.15) is 5.92 Å². The molecular formula is C10H17F3N2S. The summed E-state index contributed by atoms with van der Waals surface area (Å²) in [5.41, 5.74) is 5.17. The third kappa shape index (κ3) is 3.31. The third-order valence-corrected chi connectivity index (χ3v) is 3.41. The van der Waals surface area contributed by atoms with Crippen molar-refractivity contribution in [2.24, 2.45) is 11.7 Å². The summed E-state index contributed by atoms with van der Waals surface area (Å²) in [6.07, 6.45) is -1.52. The van der Waals surface area contributed by atoms with Crippen molar-refractivity contribution in [2.45, 2.75) is 38.4 Å². The minimum absolute atomic E-state index is 0.0860. The van der Waals surface area contributed by atoms with Crippen molar-refractivity contribution >= 4 is 17.2 Å². The predicted octanol–water partition coefficient (Wildman–Crippen LogP) is 2.33. The fourth-order valence-electron chi connectivity index (χ4n) is 2.19. The van der Waals surface area contributed by atoms with E-state index in [1.807, 2.05) is 11.8 Å². The molecule has 0 spiro atoms. The van der Waals surface area contributed by atoms with Gasteiger partial charge in [-0.25, -0.2) is 0 Å².